The SMILES string of the molecule is C=C(C)C(=O)O.OCCSCCO. The minimum absolute atomic E-state index is 0.176. The molecule has 0 saturated carbocycles. The van der Waals surface area contributed by atoms with Crippen LogP contribution in [0.1, 0.15) is 6.92 Å². The molecule has 0 aliphatic rings. The highest BCUT2D eigenvalue weighted by Crippen LogP contribution is 1.94. The maximum Gasteiger partial charge on any atom is 0.330 e. The largest absolute Gasteiger partial charge is 0.478 e. The van der Waals surface area contributed by atoms with Crippen molar-refractivity contribution >= 4 is 17.7 Å². The summed E-state index contributed by atoms with van der Waals surface area (Å²) in [5.74, 6) is 0.538. The number of thioether (sulfide) groups is 1. The van der Waals surface area contributed by atoms with E-state index >= 15 is 0 Å². The molecule has 0 aliphatic heterocycles. The molecule has 0 aliphatic carbocycles. The Balaban J connectivity index is 0. The minimum Gasteiger partial charge on any atom is -0.478 e. The van der Waals surface area contributed by atoms with Crippen molar-refractivity contribution in [2.75, 3.05) is 24.7 Å². The maximum absolute atomic E-state index is 9.60. The summed E-state index contributed by atoms with van der Waals surface area (Å²) in [6.07, 6.45) is 0. The normalized spacial score (nSPS) is 8.54. The molecule has 0 bridgehead atoms. The fraction of sp³-hybridized carbons (Fsp3) is 0.625. The van der Waals surface area contributed by atoms with Gasteiger partial charge in [-0.25, -0.2) is 4.79 Å². The lowest BCUT2D eigenvalue weighted by atomic mass is 10.4. The van der Waals surface area contributed by atoms with Crippen molar-refractivity contribution in [3.05, 3.63) is 12.2 Å². The monoisotopic (exact) mass is 208 g/mol. The van der Waals surface area contributed by atoms with Crippen LogP contribution in [0.2, 0.25) is 0 Å². The highest BCUT2D eigenvalue weighted by atomic mass is 32.2. The summed E-state index contributed by atoms with van der Waals surface area (Å²) in [6, 6.07) is 0. The second-order valence-electron chi connectivity index (χ2n) is 2.15. The number of carboxylic acids is 1. The molecule has 0 rings (SSSR count). The predicted octanol–water partition coefficient (Wildman–Crippen LogP) is 0.351. The lowest BCUT2D eigenvalue weighted by molar-refractivity contribution is -0.132. The van der Waals surface area contributed by atoms with Gasteiger partial charge in [0.15, 0.2) is 0 Å². The summed E-state index contributed by atoms with van der Waals surface area (Å²) in [5.41, 5.74) is 0.176. The van der Waals surface area contributed by atoms with Crippen LogP contribution in [-0.4, -0.2) is 46.0 Å². The number of carbonyl (C=O) groups is 1. The van der Waals surface area contributed by atoms with E-state index in [-0.39, 0.29) is 18.8 Å². The molecule has 3 N–H and O–H groups in total. The first-order valence-electron chi connectivity index (χ1n) is 3.74. The van der Waals surface area contributed by atoms with Crippen LogP contribution in [0.25, 0.3) is 0 Å². The predicted molar refractivity (Wildman–Crippen MR) is 53.9 cm³/mol. The molecule has 5 heteroatoms. The van der Waals surface area contributed by atoms with Gasteiger partial charge in [-0.1, -0.05) is 6.58 Å². The van der Waals surface area contributed by atoms with Crippen LogP contribution in [0.5, 0.6) is 0 Å². The molecule has 0 heterocycles. The van der Waals surface area contributed by atoms with E-state index < -0.39 is 5.97 Å². The summed E-state index contributed by atoms with van der Waals surface area (Å²) in [4.78, 5) is 9.60. The fourth-order valence-corrected chi connectivity index (χ4v) is 0.693. The van der Waals surface area contributed by atoms with Gasteiger partial charge in [0, 0.05) is 17.1 Å². The van der Waals surface area contributed by atoms with Gasteiger partial charge in [-0.15, -0.1) is 0 Å². The highest BCUT2D eigenvalue weighted by molar-refractivity contribution is 7.99. The Hall–Kier alpha value is -0.520. The summed E-state index contributed by atoms with van der Waals surface area (Å²) < 4.78 is 0. The zero-order valence-corrected chi connectivity index (χ0v) is 8.51. The van der Waals surface area contributed by atoms with Gasteiger partial charge in [0.1, 0.15) is 0 Å². The first kappa shape index (κ1) is 15.0. The number of aliphatic hydroxyl groups excluding tert-OH is 2. The van der Waals surface area contributed by atoms with Gasteiger partial charge < -0.3 is 15.3 Å². The molecule has 0 atom stereocenters. The Labute approximate surface area is 82.3 Å². The molecular weight excluding hydrogens is 192 g/mol. The van der Waals surface area contributed by atoms with Crippen LogP contribution < -0.4 is 0 Å². The average Bonchev–Trinajstić information content (AvgIpc) is 2.06. The molecule has 0 aromatic rings. The van der Waals surface area contributed by atoms with Crippen molar-refractivity contribution in [2.45, 2.75) is 6.92 Å². The molecule has 13 heavy (non-hydrogen) atoms. The number of aliphatic carboxylic acids is 1. The van der Waals surface area contributed by atoms with Gasteiger partial charge in [-0.3, -0.25) is 0 Å². The van der Waals surface area contributed by atoms with Crippen LogP contribution in [0, 0.1) is 0 Å². The third-order valence-corrected chi connectivity index (χ3v) is 1.78. The van der Waals surface area contributed by atoms with Gasteiger partial charge in [-0.05, 0) is 6.92 Å². The second kappa shape index (κ2) is 11.5. The maximum atomic E-state index is 9.60. The molecule has 0 amide bonds. The molecule has 0 radical (unpaired) electrons. The first-order valence-corrected chi connectivity index (χ1v) is 4.90. The number of rotatable bonds is 5. The Morgan fingerprint density at radius 2 is 1.62 bits per heavy atom. The number of hydrogen-bond donors (Lipinski definition) is 3. The molecule has 78 valence electrons. The second-order valence-corrected chi connectivity index (χ2v) is 3.37. The van der Waals surface area contributed by atoms with E-state index in [0.717, 1.165) is 11.5 Å². The van der Waals surface area contributed by atoms with Crippen molar-refractivity contribution in [1.82, 2.24) is 0 Å². The van der Waals surface area contributed by atoms with Crippen LogP contribution in [0.15, 0.2) is 12.2 Å². The van der Waals surface area contributed by atoms with Crippen molar-refractivity contribution in [3.63, 3.8) is 0 Å². The van der Waals surface area contributed by atoms with E-state index in [9.17, 15) is 4.79 Å². The summed E-state index contributed by atoms with van der Waals surface area (Å²) >= 11 is 1.55. The lowest BCUT2D eigenvalue weighted by Gasteiger charge is -1.90. The Morgan fingerprint density at radius 3 is 1.77 bits per heavy atom. The van der Waals surface area contributed by atoms with E-state index in [1.54, 1.807) is 11.8 Å². The molecular formula is C8H16O4S. The van der Waals surface area contributed by atoms with Gasteiger partial charge >= 0.3 is 5.97 Å². The highest BCUT2D eigenvalue weighted by Gasteiger charge is 1.90. The van der Waals surface area contributed by atoms with E-state index in [0.29, 0.717) is 0 Å². The van der Waals surface area contributed by atoms with Gasteiger partial charge in [0.25, 0.3) is 0 Å². The third kappa shape index (κ3) is 18.4. The molecule has 0 fully saturated rings. The Kier molecular flexibility index (Phi) is 13.2. The van der Waals surface area contributed by atoms with Crippen LogP contribution in [0.4, 0.5) is 0 Å². The molecule has 0 spiro atoms. The number of hydrogen-bond acceptors (Lipinski definition) is 4. The van der Waals surface area contributed by atoms with E-state index in [1.165, 1.54) is 6.92 Å². The van der Waals surface area contributed by atoms with E-state index in [2.05, 4.69) is 6.58 Å². The zero-order chi connectivity index (χ0) is 10.7. The van der Waals surface area contributed by atoms with Crippen LogP contribution >= 0.6 is 11.8 Å². The quantitative estimate of drug-likeness (QED) is 0.449. The van der Waals surface area contributed by atoms with Gasteiger partial charge in [-0.2, -0.15) is 11.8 Å². The average molecular weight is 208 g/mol. The van der Waals surface area contributed by atoms with Crippen molar-refractivity contribution in [3.8, 4) is 0 Å². The lowest BCUT2D eigenvalue weighted by Crippen LogP contribution is -1.92. The molecule has 0 unspecified atom stereocenters. The topological polar surface area (TPSA) is 77.8 Å². The van der Waals surface area contributed by atoms with Crippen molar-refractivity contribution in [2.24, 2.45) is 0 Å². The minimum atomic E-state index is -0.935. The van der Waals surface area contributed by atoms with E-state index in [1.807, 2.05) is 0 Å². The summed E-state index contributed by atoms with van der Waals surface area (Å²) in [7, 11) is 0. The number of aliphatic hydroxyl groups is 2. The molecule has 4 nitrogen and oxygen atoms in total. The molecule has 0 saturated heterocycles. The Morgan fingerprint density at radius 1 is 1.31 bits per heavy atom. The molecule has 0 aromatic heterocycles. The smallest absolute Gasteiger partial charge is 0.330 e. The third-order valence-electron chi connectivity index (χ3n) is 0.836. The van der Waals surface area contributed by atoms with Crippen LogP contribution in [0.3, 0.4) is 0 Å². The fourth-order valence-electron chi connectivity index (χ4n) is 0.231. The van der Waals surface area contributed by atoms with Gasteiger partial charge in [0.05, 0.1) is 13.2 Å². The zero-order valence-electron chi connectivity index (χ0n) is 7.69. The van der Waals surface area contributed by atoms with Crippen molar-refractivity contribution in [1.29, 1.82) is 0 Å². The standard InChI is InChI=1S/C4H10O2S.C4H6O2/c5-1-3-7-4-2-6;1-3(2)4(5)6/h5-6H,1-4H2;1H2,2H3,(H,5,6). The number of carboxylic acid groups (broad SMARTS) is 1. The van der Waals surface area contributed by atoms with Crippen LogP contribution in [-0.2, 0) is 4.79 Å². The molecule has 0 aromatic carbocycles. The van der Waals surface area contributed by atoms with Crippen molar-refractivity contribution < 1.29 is 20.1 Å². The first-order chi connectivity index (χ1) is 6.06. The summed E-state index contributed by atoms with van der Waals surface area (Å²) in [5, 5.41) is 24.3. The van der Waals surface area contributed by atoms with Gasteiger partial charge in [0.2, 0.25) is 0 Å². The summed E-state index contributed by atoms with van der Waals surface area (Å²) in [6.45, 7) is 5.03. The Bertz CT molecular complexity index is 131. The van der Waals surface area contributed by atoms with E-state index in [4.69, 9.17) is 15.3 Å².